The molecule has 1 saturated carbocycles. The number of rotatable bonds is 9. The van der Waals surface area contributed by atoms with E-state index in [-0.39, 0.29) is 6.04 Å². The number of hydrogen-bond acceptors (Lipinski definition) is 3. The molecule has 1 aliphatic carbocycles. The summed E-state index contributed by atoms with van der Waals surface area (Å²) >= 11 is 0. The molecule has 3 heteroatoms. The molecule has 0 aromatic heterocycles. The first kappa shape index (κ1) is 14.7. The number of ketones is 1. The van der Waals surface area contributed by atoms with Crippen molar-refractivity contribution in [3.05, 3.63) is 0 Å². The monoisotopic (exact) mass is 240 g/mol. The van der Waals surface area contributed by atoms with Gasteiger partial charge in [-0.05, 0) is 45.7 Å². The van der Waals surface area contributed by atoms with Gasteiger partial charge >= 0.3 is 0 Å². The minimum absolute atomic E-state index is 0.0970. The number of nitrogens with one attached hydrogen (secondary N) is 2. The lowest BCUT2D eigenvalue weighted by Crippen LogP contribution is -2.41. The second-order valence-corrected chi connectivity index (χ2v) is 5.16. The maximum absolute atomic E-state index is 11.6. The molecule has 0 saturated heterocycles. The molecule has 0 aromatic carbocycles. The summed E-state index contributed by atoms with van der Waals surface area (Å²) in [5.41, 5.74) is 0. The van der Waals surface area contributed by atoms with Gasteiger partial charge < -0.3 is 10.6 Å². The summed E-state index contributed by atoms with van der Waals surface area (Å²) in [6.45, 7) is 5.96. The van der Waals surface area contributed by atoms with Crippen molar-refractivity contribution in [3.8, 4) is 0 Å². The van der Waals surface area contributed by atoms with Crippen LogP contribution in [0.2, 0.25) is 0 Å². The van der Waals surface area contributed by atoms with E-state index in [2.05, 4.69) is 17.6 Å². The maximum atomic E-state index is 11.6. The van der Waals surface area contributed by atoms with Crippen LogP contribution in [0.1, 0.15) is 58.8 Å². The third kappa shape index (κ3) is 6.18. The Morgan fingerprint density at radius 2 is 2.00 bits per heavy atom. The number of unbranched alkanes of at least 4 members (excludes halogenated alkanes) is 1. The lowest BCUT2D eigenvalue weighted by atomic mass is 10.0. The van der Waals surface area contributed by atoms with Gasteiger partial charge in [-0.25, -0.2) is 0 Å². The summed E-state index contributed by atoms with van der Waals surface area (Å²) in [7, 11) is 0. The molecular formula is C14H28N2O. The summed E-state index contributed by atoms with van der Waals surface area (Å²) < 4.78 is 0. The van der Waals surface area contributed by atoms with Crippen LogP contribution in [0.3, 0.4) is 0 Å². The maximum Gasteiger partial charge on any atom is 0.146 e. The molecular weight excluding hydrogens is 212 g/mol. The molecule has 0 aliphatic heterocycles. The van der Waals surface area contributed by atoms with Crippen LogP contribution < -0.4 is 10.6 Å². The number of carbonyl (C=O) groups excluding carboxylic acids is 1. The number of Topliss-reactive ketones (excluding diaryl/α,β-unsaturated/α-hetero) is 1. The molecule has 0 bridgehead atoms. The van der Waals surface area contributed by atoms with Crippen LogP contribution >= 0.6 is 0 Å². The molecule has 3 nitrogen and oxygen atoms in total. The van der Waals surface area contributed by atoms with Crippen molar-refractivity contribution >= 4 is 5.78 Å². The van der Waals surface area contributed by atoms with Crippen LogP contribution in [0.5, 0.6) is 0 Å². The molecule has 0 radical (unpaired) electrons. The van der Waals surface area contributed by atoms with Gasteiger partial charge in [0.1, 0.15) is 5.78 Å². The fourth-order valence-electron chi connectivity index (χ4n) is 2.56. The summed E-state index contributed by atoms with van der Waals surface area (Å²) in [5.74, 6) is 0.306. The highest BCUT2D eigenvalue weighted by atomic mass is 16.1. The first-order valence-corrected chi connectivity index (χ1v) is 7.21. The summed E-state index contributed by atoms with van der Waals surface area (Å²) in [6, 6.07) is 0.692. The van der Waals surface area contributed by atoms with Gasteiger partial charge in [-0.2, -0.15) is 0 Å². The first-order valence-electron chi connectivity index (χ1n) is 7.21. The lowest BCUT2D eigenvalue weighted by molar-refractivity contribution is -0.119. The Hall–Kier alpha value is -0.410. The molecule has 1 fully saturated rings. The molecule has 0 spiro atoms. The topological polar surface area (TPSA) is 41.1 Å². The van der Waals surface area contributed by atoms with Gasteiger partial charge in [-0.3, -0.25) is 4.79 Å². The zero-order valence-corrected chi connectivity index (χ0v) is 11.4. The van der Waals surface area contributed by atoms with E-state index in [0.29, 0.717) is 11.8 Å². The summed E-state index contributed by atoms with van der Waals surface area (Å²) in [5, 5.41) is 6.86. The Balaban J connectivity index is 2.16. The van der Waals surface area contributed by atoms with Crippen LogP contribution in [0.25, 0.3) is 0 Å². The minimum atomic E-state index is 0.0970. The highest BCUT2D eigenvalue weighted by molar-refractivity contribution is 5.81. The van der Waals surface area contributed by atoms with E-state index >= 15 is 0 Å². The Morgan fingerprint density at radius 3 is 2.59 bits per heavy atom. The van der Waals surface area contributed by atoms with Crippen LogP contribution in [0.4, 0.5) is 0 Å². The van der Waals surface area contributed by atoms with Crippen molar-refractivity contribution < 1.29 is 4.79 Å². The van der Waals surface area contributed by atoms with Crippen molar-refractivity contribution in [3.63, 3.8) is 0 Å². The van der Waals surface area contributed by atoms with E-state index < -0.39 is 0 Å². The third-order valence-corrected chi connectivity index (χ3v) is 3.63. The van der Waals surface area contributed by atoms with E-state index in [4.69, 9.17) is 0 Å². The van der Waals surface area contributed by atoms with Gasteiger partial charge in [0.15, 0.2) is 0 Å². The molecule has 1 aliphatic rings. The highest BCUT2D eigenvalue weighted by Gasteiger charge is 2.21. The zero-order chi connectivity index (χ0) is 12.5. The number of hydrogen-bond donors (Lipinski definition) is 2. The molecule has 1 unspecified atom stereocenters. The Kier molecular flexibility index (Phi) is 7.45. The van der Waals surface area contributed by atoms with Gasteiger partial charge in [0.05, 0.1) is 6.04 Å². The average Bonchev–Trinajstić information content (AvgIpc) is 2.79. The minimum Gasteiger partial charge on any atom is -0.317 e. The quantitative estimate of drug-likeness (QED) is 0.607. The second kappa shape index (κ2) is 8.65. The smallest absolute Gasteiger partial charge is 0.146 e. The predicted octanol–water partition coefficient (Wildman–Crippen LogP) is 2.26. The van der Waals surface area contributed by atoms with Gasteiger partial charge in [-0.15, -0.1) is 0 Å². The SMILES string of the molecule is CCNCCCCC(NC1CCCC1)C(C)=O. The summed E-state index contributed by atoms with van der Waals surface area (Å²) in [4.78, 5) is 11.6. The Bertz CT molecular complexity index is 212. The van der Waals surface area contributed by atoms with E-state index in [1.54, 1.807) is 6.92 Å². The molecule has 1 atom stereocenters. The summed E-state index contributed by atoms with van der Waals surface area (Å²) in [6.07, 6.45) is 8.45. The molecule has 2 N–H and O–H groups in total. The van der Waals surface area contributed by atoms with Crippen molar-refractivity contribution in [2.45, 2.75) is 70.9 Å². The van der Waals surface area contributed by atoms with Crippen molar-refractivity contribution in [1.82, 2.24) is 10.6 Å². The normalized spacial score (nSPS) is 18.5. The van der Waals surface area contributed by atoms with E-state index in [1.807, 2.05) is 0 Å². The first-order chi connectivity index (χ1) is 8.24. The Morgan fingerprint density at radius 1 is 1.29 bits per heavy atom. The van der Waals surface area contributed by atoms with E-state index in [9.17, 15) is 4.79 Å². The average molecular weight is 240 g/mol. The molecule has 100 valence electrons. The fraction of sp³-hybridized carbons (Fsp3) is 0.929. The van der Waals surface area contributed by atoms with Crippen molar-refractivity contribution in [2.24, 2.45) is 0 Å². The second-order valence-electron chi connectivity index (χ2n) is 5.16. The fourth-order valence-corrected chi connectivity index (χ4v) is 2.56. The zero-order valence-electron chi connectivity index (χ0n) is 11.4. The van der Waals surface area contributed by atoms with Crippen molar-refractivity contribution in [2.75, 3.05) is 13.1 Å². The molecule has 17 heavy (non-hydrogen) atoms. The highest BCUT2D eigenvalue weighted by Crippen LogP contribution is 2.19. The van der Waals surface area contributed by atoms with E-state index in [0.717, 1.165) is 25.9 Å². The third-order valence-electron chi connectivity index (χ3n) is 3.63. The Labute approximate surface area is 106 Å². The molecule has 0 amide bonds. The van der Waals surface area contributed by atoms with Gasteiger partial charge in [0, 0.05) is 6.04 Å². The standard InChI is InChI=1S/C14H28N2O/c1-3-15-11-7-6-10-14(12(2)17)16-13-8-4-5-9-13/h13-16H,3-11H2,1-2H3. The largest absolute Gasteiger partial charge is 0.317 e. The van der Waals surface area contributed by atoms with Crippen LogP contribution in [0, 0.1) is 0 Å². The molecule has 1 rings (SSSR count). The molecule has 0 aromatic rings. The van der Waals surface area contributed by atoms with E-state index in [1.165, 1.54) is 32.1 Å². The van der Waals surface area contributed by atoms with Gasteiger partial charge in [0.2, 0.25) is 0 Å². The van der Waals surface area contributed by atoms with Crippen LogP contribution in [-0.4, -0.2) is 31.0 Å². The van der Waals surface area contributed by atoms with Crippen LogP contribution in [0.15, 0.2) is 0 Å². The molecule has 0 heterocycles. The van der Waals surface area contributed by atoms with Crippen LogP contribution in [-0.2, 0) is 4.79 Å². The van der Waals surface area contributed by atoms with Gasteiger partial charge in [0.25, 0.3) is 0 Å². The number of carbonyl (C=O) groups is 1. The predicted molar refractivity (Wildman–Crippen MR) is 72.3 cm³/mol. The van der Waals surface area contributed by atoms with Crippen molar-refractivity contribution in [1.29, 1.82) is 0 Å². The lowest BCUT2D eigenvalue weighted by Gasteiger charge is -2.20. The van der Waals surface area contributed by atoms with Gasteiger partial charge in [-0.1, -0.05) is 26.2 Å².